The second-order valence-corrected chi connectivity index (χ2v) is 4.47. The first-order chi connectivity index (χ1) is 8.90. The van der Waals surface area contributed by atoms with Crippen molar-refractivity contribution in [2.45, 2.75) is 19.3 Å². The maximum atomic E-state index is 9.97. The van der Waals surface area contributed by atoms with E-state index in [0.29, 0.717) is 13.1 Å². The van der Waals surface area contributed by atoms with Gasteiger partial charge >= 0.3 is 0 Å². The molecule has 96 valence electrons. The third-order valence-corrected chi connectivity index (χ3v) is 3.19. The largest absolute Gasteiger partial charge is 0.464 e. The van der Waals surface area contributed by atoms with E-state index in [2.05, 4.69) is 33.9 Å². The summed E-state index contributed by atoms with van der Waals surface area (Å²) in [6.07, 6.45) is 7.75. The van der Waals surface area contributed by atoms with Crippen LogP contribution in [0.4, 0.5) is 5.69 Å². The zero-order valence-corrected chi connectivity index (χ0v) is 10.5. The zero-order valence-electron chi connectivity index (χ0n) is 10.5. The van der Waals surface area contributed by atoms with Gasteiger partial charge in [0.2, 0.25) is 0 Å². The van der Waals surface area contributed by atoms with E-state index >= 15 is 0 Å². The SMILES string of the molecule is O=COC/C=C/c1ccc(N2CCCCC2)cc1. The molecule has 1 aromatic carbocycles. The Morgan fingerprint density at radius 3 is 2.50 bits per heavy atom. The second-order valence-electron chi connectivity index (χ2n) is 4.47. The van der Waals surface area contributed by atoms with Crippen LogP contribution >= 0.6 is 0 Å². The average Bonchev–Trinajstić information content (AvgIpc) is 2.45. The van der Waals surface area contributed by atoms with Gasteiger partial charge in [0, 0.05) is 18.8 Å². The van der Waals surface area contributed by atoms with Crippen molar-refractivity contribution in [3.05, 3.63) is 35.9 Å². The van der Waals surface area contributed by atoms with E-state index in [-0.39, 0.29) is 0 Å². The predicted octanol–water partition coefficient (Wildman–Crippen LogP) is 2.86. The van der Waals surface area contributed by atoms with Crippen molar-refractivity contribution >= 4 is 18.2 Å². The first kappa shape index (κ1) is 12.7. The molecule has 18 heavy (non-hydrogen) atoms. The molecule has 0 N–H and O–H groups in total. The van der Waals surface area contributed by atoms with E-state index in [1.807, 2.05) is 12.2 Å². The number of carbonyl (C=O) groups excluding carboxylic acids is 1. The van der Waals surface area contributed by atoms with E-state index in [0.717, 1.165) is 5.56 Å². The van der Waals surface area contributed by atoms with Crippen molar-refractivity contribution in [2.75, 3.05) is 24.6 Å². The number of hydrogen-bond donors (Lipinski definition) is 0. The predicted molar refractivity (Wildman–Crippen MR) is 73.6 cm³/mol. The van der Waals surface area contributed by atoms with Gasteiger partial charge in [-0.1, -0.05) is 18.2 Å². The Morgan fingerprint density at radius 2 is 1.83 bits per heavy atom. The van der Waals surface area contributed by atoms with Gasteiger partial charge in [-0.05, 0) is 43.0 Å². The fourth-order valence-corrected chi connectivity index (χ4v) is 2.23. The summed E-state index contributed by atoms with van der Waals surface area (Å²) in [6, 6.07) is 8.51. The van der Waals surface area contributed by atoms with Crippen LogP contribution < -0.4 is 4.90 Å². The fourth-order valence-electron chi connectivity index (χ4n) is 2.23. The molecule has 0 saturated carbocycles. The van der Waals surface area contributed by atoms with Crippen LogP contribution in [0.5, 0.6) is 0 Å². The number of hydrogen-bond acceptors (Lipinski definition) is 3. The van der Waals surface area contributed by atoms with Gasteiger partial charge in [-0.15, -0.1) is 0 Å². The molecule has 3 nitrogen and oxygen atoms in total. The van der Waals surface area contributed by atoms with Gasteiger partial charge in [0.15, 0.2) is 0 Å². The van der Waals surface area contributed by atoms with Crippen LogP contribution in [0.2, 0.25) is 0 Å². The van der Waals surface area contributed by atoms with Crippen LogP contribution in [-0.2, 0) is 9.53 Å². The molecule has 1 heterocycles. The van der Waals surface area contributed by atoms with Gasteiger partial charge in [0.05, 0.1) is 0 Å². The summed E-state index contributed by atoms with van der Waals surface area (Å²) in [7, 11) is 0. The molecule has 1 aliphatic heterocycles. The maximum absolute atomic E-state index is 9.97. The highest BCUT2D eigenvalue weighted by molar-refractivity contribution is 5.56. The lowest BCUT2D eigenvalue weighted by Gasteiger charge is -2.28. The number of rotatable bonds is 5. The summed E-state index contributed by atoms with van der Waals surface area (Å²) in [4.78, 5) is 12.4. The number of anilines is 1. The Hall–Kier alpha value is -1.77. The van der Waals surface area contributed by atoms with Crippen LogP contribution in [0.3, 0.4) is 0 Å². The Kier molecular flexibility index (Phi) is 4.82. The lowest BCUT2D eigenvalue weighted by Crippen LogP contribution is -2.29. The fraction of sp³-hybridized carbons (Fsp3) is 0.400. The average molecular weight is 245 g/mol. The Morgan fingerprint density at radius 1 is 1.11 bits per heavy atom. The lowest BCUT2D eigenvalue weighted by atomic mass is 10.1. The van der Waals surface area contributed by atoms with Gasteiger partial charge in [-0.2, -0.15) is 0 Å². The number of ether oxygens (including phenoxy) is 1. The topological polar surface area (TPSA) is 29.5 Å². The van der Waals surface area contributed by atoms with E-state index < -0.39 is 0 Å². The van der Waals surface area contributed by atoms with Gasteiger partial charge in [0.1, 0.15) is 6.61 Å². The van der Waals surface area contributed by atoms with E-state index in [1.165, 1.54) is 38.0 Å². The van der Waals surface area contributed by atoms with Gasteiger partial charge < -0.3 is 9.64 Å². The lowest BCUT2D eigenvalue weighted by molar-refractivity contribution is -0.127. The van der Waals surface area contributed by atoms with Crippen molar-refractivity contribution < 1.29 is 9.53 Å². The minimum Gasteiger partial charge on any atom is -0.464 e. The molecule has 0 bridgehead atoms. The second kappa shape index (κ2) is 6.84. The molecule has 0 unspecified atom stereocenters. The molecule has 1 aliphatic rings. The van der Waals surface area contributed by atoms with Crippen LogP contribution in [0.15, 0.2) is 30.3 Å². The summed E-state index contributed by atoms with van der Waals surface area (Å²) in [5.74, 6) is 0. The Bertz CT molecular complexity index is 391. The van der Waals surface area contributed by atoms with Crippen molar-refractivity contribution in [2.24, 2.45) is 0 Å². The van der Waals surface area contributed by atoms with Crippen molar-refractivity contribution in [3.8, 4) is 0 Å². The van der Waals surface area contributed by atoms with Gasteiger partial charge in [0.25, 0.3) is 6.47 Å². The standard InChI is InChI=1S/C15H19NO2/c17-13-18-12-4-5-14-6-8-15(9-7-14)16-10-2-1-3-11-16/h4-9,13H,1-3,10-12H2/b5-4+. The van der Waals surface area contributed by atoms with Crippen molar-refractivity contribution in [1.29, 1.82) is 0 Å². The molecule has 1 aromatic rings. The number of carbonyl (C=O) groups is 1. The molecule has 1 saturated heterocycles. The molecule has 0 aromatic heterocycles. The highest BCUT2D eigenvalue weighted by Gasteiger charge is 2.09. The van der Waals surface area contributed by atoms with E-state index in [9.17, 15) is 4.79 Å². The minimum absolute atomic E-state index is 0.331. The van der Waals surface area contributed by atoms with Crippen LogP contribution in [0.25, 0.3) is 6.08 Å². The summed E-state index contributed by atoms with van der Waals surface area (Å²) < 4.78 is 4.60. The smallest absolute Gasteiger partial charge is 0.293 e. The van der Waals surface area contributed by atoms with E-state index in [4.69, 9.17) is 0 Å². The summed E-state index contributed by atoms with van der Waals surface area (Å²) in [6.45, 7) is 3.13. The third kappa shape index (κ3) is 3.62. The Balaban J connectivity index is 1.92. The first-order valence-electron chi connectivity index (χ1n) is 6.47. The third-order valence-electron chi connectivity index (χ3n) is 3.19. The van der Waals surface area contributed by atoms with Gasteiger partial charge in [-0.25, -0.2) is 0 Å². The highest BCUT2D eigenvalue weighted by atomic mass is 16.5. The molecule has 3 heteroatoms. The zero-order chi connectivity index (χ0) is 12.6. The molecule has 0 atom stereocenters. The number of nitrogens with zero attached hydrogens (tertiary/aromatic N) is 1. The van der Waals surface area contributed by atoms with Crippen molar-refractivity contribution in [3.63, 3.8) is 0 Å². The molecule has 0 amide bonds. The molecular weight excluding hydrogens is 226 g/mol. The normalized spacial score (nSPS) is 15.9. The quantitative estimate of drug-likeness (QED) is 0.590. The van der Waals surface area contributed by atoms with Crippen LogP contribution in [-0.4, -0.2) is 26.2 Å². The molecule has 0 spiro atoms. The van der Waals surface area contributed by atoms with Gasteiger partial charge in [-0.3, -0.25) is 4.79 Å². The number of benzene rings is 1. The van der Waals surface area contributed by atoms with Crippen LogP contribution in [0, 0.1) is 0 Å². The molecule has 1 fully saturated rings. The minimum atomic E-state index is 0.331. The molecule has 0 radical (unpaired) electrons. The summed E-state index contributed by atoms with van der Waals surface area (Å²) in [5, 5.41) is 0. The van der Waals surface area contributed by atoms with Crippen LogP contribution in [0.1, 0.15) is 24.8 Å². The van der Waals surface area contributed by atoms with E-state index in [1.54, 1.807) is 0 Å². The number of piperidine rings is 1. The summed E-state index contributed by atoms with van der Waals surface area (Å²) >= 11 is 0. The molecular formula is C15H19NO2. The highest BCUT2D eigenvalue weighted by Crippen LogP contribution is 2.20. The maximum Gasteiger partial charge on any atom is 0.293 e. The Labute approximate surface area is 108 Å². The summed E-state index contributed by atoms with van der Waals surface area (Å²) in [5.41, 5.74) is 2.43. The molecule has 0 aliphatic carbocycles. The monoisotopic (exact) mass is 245 g/mol. The van der Waals surface area contributed by atoms with Crippen molar-refractivity contribution in [1.82, 2.24) is 0 Å². The molecule has 2 rings (SSSR count). The first-order valence-corrected chi connectivity index (χ1v) is 6.47.